The van der Waals surface area contributed by atoms with Crippen molar-refractivity contribution >= 4 is 11.5 Å². The van der Waals surface area contributed by atoms with Crippen LogP contribution in [0, 0.1) is 0 Å². The number of tetrazole rings is 1. The first-order valence-corrected chi connectivity index (χ1v) is 6.46. The average Bonchev–Trinajstić information content (AvgIpc) is 3.19. The number of carbonyl (C=O) groups is 1. The predicted molar refractivity (Wildman–Crippen MR) is 76.9 cm³/mol. The van der Waals surface area contributed by atoms with Gasteiger partial charge in [-0.15, -0.1) is 10.2 Å². The van der Waals surface area contributed by atoms with Gasteiger partial charge in [0.1, 0.15) is 0 Å². The first kappa shape index (κ1) is 13.7. The Morgan fingerprint density at radius 3 is 2.86 bits per heavy atom. The number of aliphatic hydroxyl groups is 1. The van der Waals surface area contributed by atoms with Gasteiger partial charge in [-0.3, -0.25) is 9.78 Å². The molecule has 22 heavy (non-hydrogen) atoms. The van der Waals surface area contributed by atoms with Crippen LogP contribution in [-0.4, -0.2) is 41.1 Å². The molecule has 3 aromatic rings. The van der Waals surface area contributed by atoms with Crippen LogP contribution in [-0.2, 0) is 6.54 Å². The average molecular weight is 296 g/mol. The molecule has 2 N–H and O–H groups in total. The molecule has 0 aliphatic rings. The van der Waals surface area contributed by atoms with Gasteiger partial charge in [0.2, 0.25) is 5.82 Å². The fraction of sp³-hybridized carbons (Fsp3) is 0.0714. The maximum atomic E-state index is 12.1. The molecule has 8 heteroatoms. The molecular weight excluding hydrogens is 284 g/mol. The van der Waals surface area contributed by atoms with Crippen LogP contribution in [0.2, 0.25) is 0 Å². The summed E-state index contributed by atoms with van der Waals surface area (Å²) in [5.41, 5.74) is 1.54. The highest BCUT2D eigenvalue weighted by Crippen LogP contribution is 2.10. The molecule has 8 nitrogen and oxygen atoms in total. The molecule has 0 spiro atoms. The van der Waals surface area contributed by atoms with Crippen LogP contribution in [0.15, 0.2) is 49.1 Å². The number of aromatic nitrogens is 6. The summed E-state index contributed by atoms with van der Waals surface area (Å²) in [6.07, 6.45) is 8.01. The van der Waals surface area contributed by atoms with E-state index < -0.39 is 0 Å². The van der Waals surface area contributed by atoms with Gasteiger partial charge >= 0.3 is 0 Å². The largest absolute Gasteiger partial charge is 0.504 e. The van der Waals surface area contributed by atoms with Crippen molar-refractivity contribution in [2.24, 2.45) is 0 Å². The number of hydrogen-bond donors (Lipinski definition) is 2. The van der Waals surface area contributed by atoms with Gasteiger partial charge in [-0.1, -0.05) is 0 Å². The van der Waals surface area contributed by atoms with E-state index in [1.807, 2.05) is 16.7 Å². The normalized spacial score (nSPS) is 11.5. The Morgan fingerprint density at radius 2 is 2.14 bits per heavy atom. The zero-order chi connectivity index (χ0) is 15.4. The van der Waals surface area contributed by atoms with Gasteiger partial charge in [-0.2, -0.15) is 5.21 Å². The van der Waals surface area contributed by atoms with Gasteiger partial charge in [0.25, 0.3) is 0 Å². The summed E-state index contributed by atoms with van der Waals surface area (Å²) < 4.78 is 1.88. The smallest absolute Gasteiger partial charge is 0.239 e. The van der Waals surface area contributed by atoms with E-state index in [-0.39, 0.29) is 17.4 Å². The minimum atomic E-state index is -0.337. The standard InChI is InChI=1S/C14H12N6O2/c21-12(7-13(22)14-16-18-19-17-14)11-3-6-20(9-11)8-10-1-4-15-5-2-10/h1-7,9,22H,8H2,(H,16,17,18,19). The van der Waals surface area contributed by atoms with Gasteiger partial charge in [0, 0.05) is 43.0 Å². The Balaban J connectivity index is 1.73. The highest BCUT2D eigenvalue weighted by atomic mass is 16.3. The molecule has 0 fully saturated rings. The lowest BCUT2D eigenvalue weighted by Gasteiger charge is -2.01. The van der Waals surface area contributed by atoms with Crippen molar-refractivity contribution in [3.63, 3.8) is 0 Å². The summed E-state index contributed by atoms with van der Waals surface area (Å²) in [4.78, 5) is 16.0. The molecule has 0 saturated carbocycles. The SMILES string of the molecule is O=C(C=C(O)c1nn[nH]n1)c1ccn(Cc2ccncc2)c1. The summed E-state index contributed by atoms with van der Waals surface area (Å²) in [6, 6.07) is 5.50. The number of ketones is 1. The molecule has 0 saturated heterocycles. The molecule has 110 valence electrons. The molecule has 3 rings (SSSR count). The number of rotatable bonds is 5. The number of aromatic amines is 1. The third-order valence-electron chi connectivity index (χ3n) is 2.99. The van der Waals surface area contributed by atoms with E-state index in [2.05, 4.69) is 25.6 Å². The van der Waals surface area contributed by atoms with Crippen LogP contribution in [0.1, 0.15) is 21.7 Å². The number of aliphatic hydroxyl groups excluding tert-OH is 1. The molecule has 0 radical (unpaired) electrons. The third kappa shape index (κ3) is 3.06. The van der Waals surface area contributed by atoms with E-state index in [4.69, 9.17) is 0 Å². The molecule has 0 atom stereocenters. The van der Waals surface area contributed by atoms with E-state index in [9.17, 15) is 9.90 Å². The quantitative estimate of drug-likeness (QED) is 0.416. The van der Waals surface area contributed by atoms with Crippen LogP contribution in [0.5, 0.6) is 0 Å². The van der Waals surface area contributed by atoms with Gasteiger partial charge in [-0.05, 0) is 29.0 Å². The third-order valence-corrected chi connectivity index (χ3v) is 2.99. The molecule has 0 unspecified atom stereocenters. The maximum Gasteiger partial charge on any atom is 0.239 e. The fourth-order valence-electron chi connectivity index (χ4n) is 1.93. The van der Waals surface area contributed by atoms with Crippen molar-refractivity contribution in [3.8, 4) is 0 Å². The number of hydrogen-bond acceptors (Lipinski definition) is 6. The molecule has 0 amide bonds. The highest BCUT2D eigenvalue weighted by Gasteiger charge is 2.10. The van der Waals surface area contributed by atoms with E-state index in [1.165, 1.54) is 0 Å². The number of carbonyl (C=O) groups excluding carboxylic acids is 1. The van der Waals surface area contributed by atoms with Crippen LogP contribution >= 0.6 is 0 Å². The Hall–Kier alpha value is -3.29. The number of H-pyrrole nitrogens is 1. The minimum absolute atomic E-state index is 0.0235. The number of allylic oxidation sites excluding steroid dienone is 1. The van der Waals surface area contributed by atoms with Crippen molar-refractivity contribution in [3.05, 3.63) is 66.0 Å². The molecular formula is C14H12N6O2. The Morgan fingerprint density at radius 1 is 1.32 bits per heavy atom. The first-order chi connectivity index (χ1) is 10.7. The van der Waals surface area contributed by atoms with Crippen molar-refractivity contribution < 1.29 is 9.90 Å². The topological polar surface area (TPSA) is 110 Å². The summed E-state index contributed by atoms with van der Waals surface area (Å²) in [5, 5.41) is 22.4. The molecule has 3 aromatic heterocycles. The van der Waals surface area contributed by atoms with Crippen molar-refractivity contribution in [1.29, 1.82) is 0 Å². The van der Waals surface area contributed by atoms with Gasteiger partial charge < -0.3 is 9.67 Å². The second kappa shape index (κ2) is 6.00. The number of nitrogens with one attached hydrogen (secondary N) is 1. The molecule has 0 aliphatic heterocycles. The lowest BCUT2D eigenvalue weighted by molar-refractivity contribution is 0.104. The zero-order valence-electron chi connectivity index (χ0n) is 11.4. The zero-order valence-corrected chi connectivity index (χ0v) is 11.4. The van der Waals surface area contributed by atoms with Crippen LogP contribution in [0.25, 0.3) is 5.76 Å². The first-order valence-electron chi connectivity index (χ1n) is 6.46. The Labute approximate surface area is 125 Å². The molecule has 3 heterocycles. The summed E-state index contributed by atoms with van der Waals surface area (Å²) in [7, 11) is 0. The fourth-order valence-corrected chi connectivity index (χ4v) is 1.93. The summed E-state index contributed by atoms with van der Waals surface area (Å²) in [6.45, 7) is 0.635. The van der Waals surface area contributed by atoms with Gasteiger partial charge in [0.05, 0.1) is 0 Å². The van der Waals surface area contributed by atoms with Crippen LogP contribution in [0.3, 0.4) is 0 Å². The van der Waals surface area contributed by atoms with Gasteiger partial charge in [0.15, 0.2) is 11.5 Å². The summed E-state index contributed by atoms with van der Waals surface area (Å²) >= 11 is 0. The second-order valence-corrected chi connectivity index (χ2v) is 4.56. The van der Waals surface area contributed by atoms with E-state index in [0.29, 0.717) is 12.1 Å². The lowest BCUT2D eigenvalue weighted by atomic mass is 10.2. The van der Waals surface area contributed by atoms with Crippen LogP contribution in [0.4, 0.5) is 0 Å². The maximum absolute atomic E-state index is 12.1. The number of nitrogens with zero attached hydrogens (tertiary/aromatic N) is 5. The summed E-state index contributed by atoms with van der Waals surface area (Å²) in [5.74, 6) is -0.694. The minimum Gasteiger partial charge on any atom is -0.504 e. The monoisotopic (exact) mass is 296 g/mol. The molecule has 0 aromatic carbocycles. The van der Waals surface area contributed by atoms with Crippen molar-refractivity contribution in [2.75, 3.05) is 0 Å². The second-order valence-electron chi connectivity index (χ2n) is 4.56. The lowest BCUT2D eigenvalue weighted by Crippen LogP contribution is -1.99. The van der Waals surface area contributed by atoms with E-state index >= 15 is 0 Å². The highest BCUT2D eigenvalue weighted by molar-refractivity contribution is 6.07. The van der Waals surface area contributed by atoms with Crippen molar-refractivity contribution in [2.45, 2.75) is 6.54 Å². The molecule has 0 aliphatic carbocycles. The van der Waals surface area contributed by atoms with Gasteiger partial charge in [-0.25, -0.2) is 0 Å². The number of pyridine rings is 1. The Kier molecular flexibility index (Phi) is 3.73. The predicted octanol–water partition coefficient (Wildman–Crippen LogP) is 1.23. The Bertz CT molecular complexity index is 792. The van der Waals surface area contributed by atoms with E-state index in [1.54, 1.807) is 30.9 Å². The van der Waals surface area contributed by atoms with E-state index in [0.717, 1.165) is 11.6 Å². The van der Waals surface area contributed by atoms with Crippen LogP contribution < -0.4 is 0 Å². The molecule has 0 bridgehead atoms. The van der Waals surface area contributed by atoms with Crippen molar-refractivity contribution in [1.82, 2.24) is 30.2 Å².